The number of ether oxygens (including phenoxy) is 1. The minimum absolute atomic E-state index is 0.320. The second kappa shape index (κ2) is 6.37. The van der Waals surface area contributed by atoms with E-state index in [0.717, 1.165) is 14.2 Å². The Bertz CT molecular complexity index is 593. The Kier molecular flexibility index (Phi) is 4.77. The highest BCUT2D eigenvalue weighted by Crippen LogP contribution is 2.33. The van der Waals surface area contributed by atoms with Crippen LogP contribution in [0, 0.1) is 12.7 Å². The molecule has 20 heavy (non-hydrogen) atoms. The van der Waals surface area contributed by atoms with Crippen LogP contribution in [0.15, 0.2) is 34.8 Å². The smallest absolute Gasteiger partial charge is 0.333 e. The van der Waals surface area contributed by atoms with Crippen LogP contribution < -0.4 is 5.32 Å². The predicted octanol–water partition coefficient (Wildman–Crippen LogP) is 4.28. The summed E-state index contributed by atoms with van der Waals surface area (Å²) in [6.45, 7) is 1.96. The van der Waals surface area contributed by atoms with Gasteiger partial charge in [0.1, 0.15) is 5.82 Å². The molecule has 1 unspecified atom stereocenters. The molecule has 0 aliphatic rings. The van der Waals surface area contributed by atoms with Crippen molar-refractivity contribution in [3.63, 3.8) is 0 Å². The maximum atomic E-state index is 12.9. The number of hydrogen-bond acceptors (Lipinski definition) is 4. The molecule has 1 atom stereocenters. The van der Waals surface area contributed by atoms with Gasteiger partial charge in [0.25, 0.3) is 0 Å². The molecule has 0 spiro atoms. The Morgan fingerprint density at radius 1 is 1.40 bits per heavy atom. The van der Waals surface area contributed by atoms with Crippen molar-refractivity contribution in [2.75, 3.05) is 12.4 Å². The van der Waals surface area contributed by atoms with E-state index in [2.05, 4.69) is 21.2 Å². The lowest BCUT2D eigenvalue weighted by Gasteiger charge is -2.16. The zero-order valence-electron chi connectivity index (χ0n) is 10.9. The minimum Gasteiger partial charge on any atom is -0.467 e. The second-order valence-electron chi connectivity index (χ2n) is 4.16. The van der Waals surface area contributed by atoms with Crippen LogP contribution in [0.25, 0.3) is 0 Å². The van der Waals surface area contributed by atoms with Gasteiger partial charge < -0.3 is 10.1 Å². The number of halogens is 2. The Morgan fingerprint density at radius 3 is 2.55 bits per heavy atom. The van der Waals surface area contributed by atoms with Gasteiger partial charge in [0.2, 0.25) is 0 Å². The lowest BCUT2D eigenvalue weighted by molar-refractivity contribution is -0.141. The van der Waals surface area contributed by atoms with Gasteiger partial charge in [0, 0.05) is 19.9 Å². The molecule has 0 saturated heterocycles. The molecule has 0 aliphatic heterocycles. The van der Waals surface area contributed by atoms with Crippen molar-refractivity contribution >= 4 is 38.9 Å². The standard InChI is InChI=1S/C14H13BrFNO2S/c1-8-11(15)7-12(20-8)13(14(18)19-2)17-10-5-3-9(16)4-6-10/h3-7,13,17H,1-2H3. The number of rotatable bonds is 4. The summed E-state index contributed by atoms with van der Waals surface area (Å²) >= 11 is 4.94. The number of nitrogens with one attached hydrogen (secondary N) is 1. The third-order valence-corrected chi connectivity index (χ3v) is 4.95. The summed E-state index contributed by atoms with van der Waals surface area (Å²) in [5, 5.41) is 3.06. The quantitative estimate of drug-likeness (QED) is 0.829. The van der Waals surface area contributed by atoms with E-state index in [1.54, 1.807) is 12.1 Å². The van der Waals surface area contributed by atoms with Gasteiger partial charge in [-0.1, -0.05) is 0 Å². The molecule has 6 heteroatoms. The highest BCUT2D eigenvalue weighted by atomic mass is 79.9. The first-order valence-electron chi connectivity index (χ1n) is 5.87. The lowest BCUT2D eigenvalue weighted by Crippen LogP contribution is -2.21. The van der Waals surface area contributed by atoms with Gasteiger partial charge in [0.05, 0.1) is 7.11 Å². The largest absolute Gasteiger partial charge is 0.467 e. The van der Waals surface area contributed by atoms with Crippen molar-refractivity contribution in [1.29, 1.82) is 0 Å². The number of esters is 1. The third kappa shape index (κ3) is 3.37. The molecular formula is C14H13BrFNO2S. The van der Waals surface area contributed by atoms with Crippen molar-refractivity contribution in [3.8, 4) is 0 Å². The Hall–Kier alpha value is -1.40. The van der Waals surface area contributed by atoms with Crippen LogP contribution in [0.1, 0.15) is 15.8 Å². The first-order valence-corrected chi connectivity index (χ1v) is 7.48. The predicted molar refractivity (Wildman–Crippen MR) is 81.5 cm³/mol. The van der Waals surface area contributed by atoms with Gasteiger partial charge in [-0.05, 0) is 53.2 Å². The van der Waals surface area contributed by atoms with Gasteiger partial charge in [0.15, 0.2) is 6.04 Å². The molecule has 0 fully saturated rings. The average Bonchev–Trinajstić information content (AvgIpc) is 2.77. The van der Waals surface area contributed by atoms with E-state index in [-0.39, 0.29) is 11.8 Å². The SMILES string of the molecule is COC(=O)C(Nc1ccc(F)cc1)c1cc(Br)c(C)s1. The highest BCUT2D eigenvalue weighted by Gasteiger charge is 2.24. The van der Waals surface area contributed by atoms with E-state index in [1.165, 1.54) is 30.6 Å². The van der Waals surface area contributed by atoms with Crippen LogP contribution in [-0.2, 0) is 9.53 Å². The van der Waals surface area contributed by atoms with E-state index in [0.29, 0.717) is 5.69 Å². The number of carbonyl (C=O) groups is 1. The fraction of sp³-hybridized carbons (Fsp3) is 0.214. The number of aryl methyl sites for hydroxylation is 1. The summed E-state index contributed by atoms with van der Waals surface area (Å²) in [4.78, 5) is 13.9. The molecule has 3 nitrogen and oxygen atoms in total. The highest BCUT2D eigenvalue weighted by molar-refractivity contribution is 9.10. The van der Waals surface area contributed by atoms with Gasteiger partial charge in [-0.15, -0.1) is 11.3 Å². The normalized spacial score (nSPS) is 12.0. The number of hydrogen-bond donors (Lipinski definition) is 1. The van der Waals surface area contributed by atoms with E-state index >= 15 is 0 Å². The molecule has 1 N–H and O–H groups in total. The van der Waals surface area contributed by atoms with Crippen LogP contribution in [0.3, 0.4) is 0 Å². The molecule has 106 valence electrons. The molecule has 0 bridgehead atoms. The fourth-order valence-electron chi connectivity index (χ4n) is 1.70. The Balaban J connectivity index is 2.28. The lowest BCUT2D eigenvalue weighted by atomic mass is 10.2. The maximum Gasteiger partial charge on any atom is 0.333 e. The van der Waals surface area contributed by atoms with Crippen molar-refractivity contribution in [2.45, 2.75) is 13.0 Å². The van der Waals surface area contributed by atoms with Gasteiger partial charge in [-0.25, -0.2) is 9.18 Å². The summed E-state index contributed by atoms with van der Waals surface area (Å²) in [6.07, 6.45) is 0. The monoisotopic (exact) mass is 357 g/mol. The molecule has 0 aliphatic carbocycles. The van der Waals surface area contributed by atoms with Crippen LogP contribution in [-0.4, -0.2) is 13.1 Å². The van der Waals surface area contributed by atoms with Crippen molar-refractivity contribution in [3.05, 3.63) is 50.4 Å². The second-order valence-corrected chi connectivity index (χ2v) is 6.30. The van der Waals surface area contributed by atoms with Crippen LogP contribution in [0.5, 0.6) is 0 Å². The zero-order chi connectivity index (χ0) is 14.7. The number of benzene rings is 1. The van der Waals surface area contributed by atoms with Crippen molar-refractivity contribution in [1.82, 2.24) is 0 Å². The molecule has 0 radical (unpaired) electrons. The van der Waals surface area contributed by atoms with Gasteiger partial charge in [-0.3, -0.25) is 0 Å². The van der Waals surface area contributed by atoms with E-state index < -0.39 is 6.04 Å². The molecule has 1 heterocycles. The topological polar surface area (TPSA) is 38.3 Å². The van der Waals surface area contributed by atoms with Crippen molar-refractivity contribution in [2.24, 2.45) is 0 Å². The summed E-state index contributed by atoms with van der Waals surface area (Å²) < 4.78 is 18.7. The summed E-state index contributed by atoms with van der Waals surface area (Å²) in [5.74, 6) is -0.706. The molecular weight excluding hydrogens is 345 g/mol. The summed E-state index contributed by atoms with van der Waals surface area (Å²) in [7, 11) is 1.34. The number of anilines is 1. The zero-order valence-corrected chi connectivity index (χ0v) is 13.3. The van der Waals surface area contributed by atoms with Crippen LogP contribution >= 0.6 is 27.3 Å². The summed E-state index contributed by atoms with van der Waals surface area (Å²) in [5.41, 5.74) is 0.656. The molecule has 1 aromatic heterocycles. The number of carbonyl (C=O) groups excluding carboxylic acids is 1. The first kappa shape index (κ1) is 15.0. The third-order valence-electron chi connectivity index (χ3n) is 2.75. The average molecular weight is 358 g/mol. The van der Waals surface area contributed by atoms with Gasteiger partial charge >= 0.3 is 5.97 Å². The van der Waals surface area contributed by atoms with E-state index in [1.807, 2.05) is 13.0 Å². The molecule has 2 rings (SSSR count). The van der Waals surface area contributed by atoms with Crippen LogP contribution in [0.4, 0.5) is 10.1 Å². The molecule has 0 amide bonds. The summed E-state index contributed by atoms with van der Waals surface area (Å²) in [6, 6.07) is 7.12. The molecule has 2 aromatic rings. The van der Waals surface area contributed by atoms with Crippen LogP contribution in [0.2, 0.25) is 0 Å². The van der Waals surface area contributed by atoms with E-state index in [9.17, 15) is 9.18 Å². The Morgan fingerprint density at radius 2 is 2.05 bits per heavy atom. The number of methoxy groups -OCH3 is 1. The molecule has 1 aromatic carbocycles. The minimum atomic E-state index is -0.611. The van der Waals surface area contributed by atoms with E-state index in [4.69, 9.17) is 4.74 Å². The molecule has 0 saturated carbocycles. The first-order chi connectivity index (χ1) is 9.51. The Labute approximate surface area is 128 Å². The van der Waals surface area contributed by atoms with Crippen molar-refractivity contribution < 1.29 is 13.9 Å². The van der Waals surface area contributed by atoms with Gasteiger partial charge in [-0.2, -0.15) is 0 Å². The number of thiophene rings is 1. The maximum absolute atomic E-state index is 12.9. The fourth-order valence-corrected chi connectivity index (χ4v) is 3.30.